The van der Waals surface area contributed by atoms with Crippen molar-refractivity contribution in [1.29, 1.82) is 0 Å². The van der Waals surface area contributed by atoms with Crippen molar-refractivity contribution < 1.29 is 39.2 Å². The van der Waals surface area contributed by atoms with Gasteiger partial charge in [0.2, 0.25) is 0 Å². The minimum Gasteiger partial charge on any atom is -0.469 e. The molecule has 0 bridgehead atoms. The van der Waals surface area contributed by atoms with Crippen LogP contribution in [-0.2, 0) is 23.9 Å². The quantitative estimate of drug-likeness (QED) is 0.431. The standard InChI is InChI=1S/C31H46O8/c1-16(26(37)39-8)11-17(32)14-30(6,38)21-13-23(36)31(7)25-18(33)12-20-27(2,3)22(35)9-10-28(20,4)24(25)19(34)15-29(21,31)5/h16,18,20-22,33,35,38H,9-15H2,1-8H3. The van der Waals surface area contributed by atoms with E-state index in [4.69, 9.17) is 4.74 Å². The van der Waals surface area contributed by atoms with Gasteiger partial charge in [-0.2, -0.15) is 0 Å². The maximum atomic E-state index is 14.1. The van der Waals surface area contributed by atoms with Gasteiger partial charge < -0.3 is 20.1 Å². The number of ether oxygens (including phenoxy) is 1. The van der Waals surface area contributed by atoms with E-state index >= 15 is 0 Å². The van der Waals surface area contributed by atoms with Gasteiger partial charge in [0.1, 0.15) is 11.6 Å². The van der Waals surface area contributed by atoms with E-state index in [2.05, 4.69) is 0 Å². The highest BCUT2D eigenvalue weighted by atomic mass is 16.5. The van der Waals surface area contributed by atoms with E-state index in [9.17, 15) is 34.5 Å². The summed E-state index contributed by atoms with van der Waals surface area (Å²) in [6.45, 7) is 12.8. The molecule has 0 saturated heterocycles. The molecule has 2 saturated carbocycles. The molecule has 0 aromatic carbocycles. The Labute approximate surface area is 231 Å². The molecule has 0 aliphatic heterocycles. The number of Topliss-reactive ketones (excluding diaryl/α,β-unsaturated/α-hetero) is 3. The van der Waals surface area contributed by atoms with Crippen LogP contribution in [0.1, 0.15) is 93.4 Å². The molecule has 9 unspecified atom stereocenters. The van der Waals surface area contributed by atoms with Crippen LogP contribution in [0.15, 0.2) is 11.1 Å². The normalized spacial score (nSPS) is 41.7. The van der Waals surface area contributed by atoms with E-state index in [-0.39, 0.29) is 49.0 Å². The SMILES string of the molecule is COC(=O)C(C)CC(=O)CC(C)(O)C1CC(=O)C2(C)C3=C(C(=O)CC12C)C1(C)CCC(O)C(C)(C)C1CC3O. The van der Waals surface area contributed by atoms with Gasteiger partial charge in [-0.05, 0) is 60.8 Å². The third-order valence-electron chi connectivity index (χ3n) is 11.7. The number of ketones is 3. The molecule has 8 nitrogen and oxygen atoms in total. The predicted molar refractivity (Wildman–Crippen MR) is 143 cm³/mol. The van der Waals surface area contributed by atoms with Gasteiger partial charge >= 0.3 is 5.97 Å². The van der Waals surface area contributed by atoms with E-state index in [1.165, 1.54) is 14.0 Å². The van der Waals surface area contributed by atoms with E-state index in [0.29, 0.717) is 30.4 Å². The topological polar surface area (TPSA) is 138 Å². The van der Waals surface area contributed by atoms with Crippen LogP contribution >= 0.6 is 0 Å². The van der Waals surface area contributed by atoms with Gasteiger partial charge in [-0.1, -0.05) is 34.6 Å². The second-order valence-corrected chi connectivity index (χ2v) is 14.4. The number of carbonyl (C=O) groups is 4. The lowest BCUT2D eigenvalue weighted by Crippen LogP contribution is -2.61. The number of aliphatic hydroxyl groups excluding tert-OH is 2. The van der Waals surface area contributed by atoms with Crippen molar-refractivity contribution in [2.45, 2.75) is 111 Å². The minimum atomic E-state index is -1.60. The second-order valence-electron chi connectivity index (χ2n) is 14.4. The van der Waals surface area contributed by atoms with Crippen LogP contribution in [0.4, 0.5) is 0 Å². The first-order valence-corrected chi connectivity index (χ1v) is 14.3. The van der Waals surface area contributed by atoms with Gasteiger partial charge in [0.15, 0.2) is 5.78 Å². The summed E-state index contributed by atoms with van der Waals surface area (Å²) < 4.78 is 4.71. The van der Waals surface area contributed by atoms with Gasteiger partial charge in [-0.15, -0.1) is 0 Å². The van der Waals surface area contributed by atoms with E-state index in [1.807, 2.05) is 34.6 Å². The maximum Gasteiger partial charge on any atom is 0.308 e. The summed E-state index contributed by atoms with van der Waals surface area (Å²) in [4.78, 5) is 52.8. The Balaban J connectivity index is 1.75. The number of fused-ring (bicyclic) bond motifs is 4. The Kier molecular flexibility index (Phi) is 7.18. The Morgan fingerprint density at radius 1 is 1.13 bits per heavy atom. The van der Waals surface area contributed by atoms with Gasteiger partial charge in [-0.25, -0.2) is 0 Å². The Morgan fingerprint density at radius 3 is 2.33 bits per heavy atom. The first-order valence-electron chi connectivity index (χ1n) is 14.3. The molecular weight excluding hydrogens is 500 g/mol. The number of aliphatic hydroxyl groups is 3. The molecule has 0 heterocycles. The molecule has 3 N–H and O–H groups in total. The first kappa shape index (κ1) is 30.1. The summed E-state index contributed by atoms with van der Waals surface area (Å²) in [5.41, 5.74) is -3.85. The van der Waals surface area contributed by atoms with Crippen molar-refractivity contribution in [3.05, 3.63) is 11.1 Å². The van der Waals surface area contributed by atoms with Crippen LogP contribution in [0, 0.1) is 39.4 Å². The van der Waals surface area contributed by atoms with Crippen LogP contribution in [0.2, 0.25) is 0 Å². The van der Waals surface area contributed by atoms with E-state index in [1.54, 1.807) is 6.92 Å². The number of carbonyl (C=O) groups excluding carboxylic acids is 4. The molecule has 0 spiro atoms. The fraction of sp³-hybridized carbons (Fsp3) is 0.806. The summed E-state index contributed by atoms with van der Waals surface area (Å²) in [6.07, 6.45) is -0.432. The van der Waals surface area contributed by atoms with E-state index in [0.717, 1.165) is 0 Å². The highest BCUT2D eigenvalue weighted by molar-refractivity contribution is 6.05. The lowest BCUT2D eigenvalue weighted by molar-refractivity contribution is -0.150. The van der Waals surface area contributed by atoms with Crippen LogP contribution in [0.3, 0.4) is 0 Å². The third-order valence-corrected chi connectivity index (χ3v) is 11.7. The first-order chi connectivity index (χ1) is 17.8. The summed E-state index contributed by atoms with van der Waals surface area (Å²) in [7, 11) is 1.26. The van der Waals surface area contributed by atoms with Crippen molar-refractivity contribution in [1.82, 2.24) is 0 Å². The fourth-order valence-corrected chi connectivity index (χ4v) is 9.35. The average Bonchev–Trinajstić information content (AvgIpc) is 3.03. The highest BCUT2D eigenvalue weighted by Crippen LogP contribution is 2.71. The number of methoxy groups -OCH3 is 1. The highest BCUT2D eigenvalue weighted by Gasteiger charge is 2.71. The van der Waals surface area contributed by atoms with Crippen LogP contribution < -0.4 is 0 Å². The Morgan fingerprint density at radius 2 is 1.74 bits per heavy atom. The molecule has 218 valence electrons. The van der Waals surface area contributed by atoms with Crippen LogP contribution in [-0.4, -0.2) is 63.6 Å². The Hall–Kier alpha value is -1.90. The Bertz CT molecular complexity index is 1130. The average molecular weight is 547 g/mol. The van der Waals surface area contributed by atoms with Crippen molar-refractivity contribution >= 4 is 23.3 Å². The zero-order valence-electron chi connectivity index (χ0n) is 24.7. The monoisotopic (exact) mass is 546 g/mol. The minimum absolute atomic E-state index is 0.0129. The summed E-state index contributed by atoms with van der Waals surface area (Å²) >= 11 is 0. The number of allylic oxidation sites excluding steroid dienone is 1. The summed E-state index contributed by atoms with van der Waals surface area (Å²) in [6, 6.07) is 0. The molecule has 9 atom stereocenters. The molecule has 4 rings (SSSR count). The number of hydrogen-bond donors (Lipinski definition) is 3. The molecule has 0 amide bonds. The van der Waals surface area contributed by atoms with Crippen molar-refractivity contribution in [3.8, 4) is 0 Å². The largest absolute Gasteiger partial charge is 0.469 e. The zero-order valence-corrected chi connectivity index (χ0v) is 24.7. The lowest BCUT2D eigenvalue weighted by atomic mass is 9.42. The number of rotatable bonds is 6. The summed E-state index contributed by atoms with van der Waals surface area (Å²) in [5.74, 6) is -2.57. The third kappa shape index (κ3) is 4.11. The molecular formula is C31H46O8. The van der Waals surface area contributed by atoms with Gasteiger partial charge in [-0.3, -0.25) is 19.2 Å². The second kappa shape index (κ2) is 9.31. The maximum absolute atomic E-state index is 14.1. The van der Waals surface area contributed by atoms with E-state index < -0.39 is 57.3 Å². The molecule has 4 aliphatic rings. The predicted octanol–water partition coefficient (Wildman–Crippen LogP) is 3.33. The van der Waals surface area contributed by atoms with Crippen LogP contribution in [0.25, 0.3) is 0 Å². The molecule has 2 fully saturated rings. The zero-order chi connectivity index (χ0) is 29.5. The van der Waals surface area contributed by atoms with Crippen molar-refractivity contribution in [2.75, 3.05) is 7.11 Å². The van der Waals surface area contributed by atoms with Crippen molar-refractivity contribution in [2.24, 2.45) is 39.4 Å². The smallest absolute Gasteiger partial charge is 0.308 e. The molecule has 8 heteroatoms. The van der Waals surface area contributed by atoms with Gasteiger partial charge in [0, 0.05) is 37.2 Å². The fourth-order valence-electron chi connectivity index (χ4n) is 9.35. The van der Waals surface area contributed by atoms with Gasteiger partial charge in [0.25, 0.3) is 0 Å². The van der Waals surface area contributed by atoms with Crippen molar-refractivity contribution in [3.63, 3.8) is 0 Å². The molecule has 0 aromatic heterocycles. The molecule has 0 aromatic rings. The number of esters is 1. The van der Waals surface area contributed by atoms with Crippen LogP contribution in [0.5, 0.6) is 0 Å². The van der Waals surface area contributed by atoms with Gasteiger partial charge in [0.05, 0.1) is 36.3 Å². The molecule has 4 aliphatic carbocycles. The molecule has 0 radical (unpaired) electrons. The summed E-state index contributed by atoms with van der Waals surface area (Å²) in [5, 5.41) is 34.2. The lowest BCUT2D eigenvalue weighted by Gasteiger charge is -2.62. The number of hydrogen-bond acceptors (Lipinski definition) is 8. The molecule has 39 heavy (non-hydrogen) atoms.